The summed E-state index contributed by atoms with van der Waals surface area (Å²) in [7, 11) is 0. The topological polar surface area (TPSA) is 93.8 Å². The summed E-state index contributed by atoms with van der Waals surface area (Å²) in [5.74, 6) is 0.468. The first-order chi connectivity index (χ1) is 11.7. The van der Waals surface area contributed by atoms with E-state index in [4.69, 9.17) is 0 Å². The molecule has 7 nitrogen and oxygen atoms in total. The molecular weight excluding hydrogens is 306 g/mol. The van der Waals surface area contributed by atoms with Crippen LogP contribution in [0.5, 0.6) is 0 Å². The first-order valence-electron chi connectivity index (χ1n) is 7.12. The van der Waals surface area contributed by atoms with Crippen molar-refractivity contribution in [2.75, 3.05) is 5.32 Å². The quantitative estimate of drug-likeness (QED) is 0.569. The highest BCUT2D eigenvalue weighted by Gasteiger charge is 2.03. The molecule has 118 valence electrons. The Morgan fingerprint density at radius 1 is 1.00 bits per heavy atom. The number of pyridine rings is 1. The lowest BCUT2D eigenvalue weighted by molar-refractivity contribution is -0.384. The highest BCUT2D eigenvalue weighted by atomic mass is 16.6. The number of non-ortho nitro benzene ring substituents is 1. The predicted molar refractivity (Wildman–Crippen MR) is 91.6 cm³/mol. The van der Waals surface area contributed by atoms with Crippen LogP contribution in [0.1, 0.15) is 11.1 Å². The number of aromatic nitrogens is 3. The van der Waals surface area contributed by atoms with Gasteiger partial charge in [0.2, 0.25) is 5.95 Å². The maximum atomic E-state index is 10.8. The smallest absolute Gasteiger partial charge is 0.270 e. The van der Waals surface area contributed by atoms with Crippen LogP contribution in [-0.4, -0.2) is 19.9 Å². The first-order valence-corrected chi connectivity index (χ1v) is 7.12. The van der Waals surface area contributed by atoms with Gasteiger partial charge in [0.15, 0.2) is 0 Å². The number of anilines is 2. The average Bonchev–Trinajstić information content (AvgIpc) is 2.62. The van der Waals surface area contributed by atoms with Crippen LogP contribution in [0.2, 0.25) is 0 Å². The van der Waals surface area contributed by atoms with Crippen LogP contribution < -0.4 is 5.32 Å². The highest BCUT2D eigenvalue weighted by molar-refractivity contribution is 5.70. The molecule has 2 heterocycles. The van der Waals surface area contributed by atoms with Crippen molar-refractivity contribution in [3.8, 4) is 0 Å². The number of nitrogens with one attached hydrogen (secondary N) is 1. The van der Waals surface area contributed by atoms with Crippen LogP contribution in [-0.2, 0) is 0 Å². The van der Waals surface area contributed by atoms with Crippen LogP contribution in [0.25, 0.3) is 12.2 Å². The van der Waals surface area contributed by atoms with Crippen LogP contribution >= 0.6 is 0 Å². The summed E-state index contributed by atoms with van der Waals surface area (Å²) in [5, 5.41) is 13.8. The summed E-state index contributed by atoms with van der Waals surface area (Å²) < 4.78 is 0. The molecule has 2 aromatic heterocycles. The molecule has 0 radical (unpaired) electrons. The highest BCUT2D eigenvalue weighted by Crippen LogP contribution is 2.16. The van der Waals surface area contributed by atoms with Crippen LogP contribution in [0, 0.1) is 10.1 Å². The fraction of sp³-hybridized carbons (Fsp3) is 0. The van der Waals surface area contributed by atoms with Crippen molar-refractivity contribution in [2.45, 2.75) is 0 Å². The Kier molecular flexibility index (Phi) is 4.52. The van der Waals surface area contributed by atoms with E-state index in [1.54, 1.807) is 49.1 Å². The van der Waals surface area contributed by atoms with Crippen molar-refractivity contribution in [1.82, 2.24) is 15.0 Å². The number of hydrogen-bond donors (Lipinski definition) is 1. The molecule has 1 aromatic carbocycles. The van der Waals surface area contributed by atoms with Crippen LogP contribution in [0.3, 0.4) is 0 Å². The van der Waals surface area contributed by atoms with Gasteiger partial charge >= 0.3 is 0 Å². The molecule has 3 aromatic rings. The van der Waals surface area contributed by atoms with Gasteiger partial charge in [0.25, 0.3) is 5.69 Å². The molecule has 0 aliphatic rings. The zero-order chi connectivity index (χ0) is 16.8. The van der Waals surface area contributed by atoms with Crippen molar-refractivity contribution in [2.24, 2.45) is 0 Å². The van der Waals surface area contributed by atoms with Gasteiger partial charge in [-0.15, -0.1) is 0 Å². The molecule has 0 aliphatic carbocycles. The molecule has 0 saturated carbocycles. The minimum absolute atomic E-state index is 0.0596. The SMILES string of the molecule is O=[N+]([O-])c1cccc(/C=C/c2cnc(Nc3cccnc3)nc2)c1. The van der Waals surface area contributed by atoms with E-state index in [9.17, 15) is 10.1 Å². The first kappa shape index (κ1) is 15.3. The molecule has 0 atom stereocenters. The van der Waals surface area contributed by atoms with Gasteiger partial charge in [-0.2, -0.15) is 0 Å². The molecule has 24 heavy (non-hydrogen) atoms. The normalized spacial score (nSPS) is 10.7. The largest absolute Gasteiger partial charge is 0.323 e. The number of hydrogen-bond acceptors (Lipinski definition) is 6. The van der Waals surface area contributed by atoms with E-state index in [0.29, 0.717) is 5.95 Å². The van der Waals surface area contributed by atoms with Crippen molar-refractivity contribution in [3.63, 3.8) is 0 Å². The lowest BCUT2D eigenvalue weighted by atomic mass is 10.1. The van der Waals surface area contributed by atoms with E-state index in [1.807, 2.05) is 12.1 Å². The Labute approximate surface area is 137 Å². The zero-order valence-corrected chi connectivity index (χ0v) is 12.5. The second-order valence-electron chi connectivity index (χ2n) is 4.89. The van der Waals surface area contributed by atoms with Gasteiger partial charge in [0.1, 0.15) is 0 Å². The number of nitro benzene ring substituents is 1. The second-order valence-corrected chi connectivity index (χ2v) is 4.89. The minimum Gasteiger partial charge on any atom is -0.323 e. The number of rotatable bonds is 5. The molecule has 3 rings (SSSR count). The molecule has 0 saturated heterocycles. The van der Waals surface area contributed by atoms with Crippen molar-refractivity contribution in [3.05, 3.63) is 82.4 Å². The number of nitro groups is 1. The van der Waals surface area contributed by atoms with E-state index in [0.717, 1.165) is 16.8 Å². The van der Waals surface area contributed by atoms with Crippen molar-refractivity contribution >= 4 is 29.5 Å². The van der Waals surface area contributed by atoms with E-state index >= 15 is 0 Å². The molecule has 7 heteroatoms. The van der Waals surface area contributed by atoms with Crippen LogP contribution in [0.4, 0.5) is 17.3 Å². The van der Waals surface area contributed by atoms with E-state index in [-0.39, 0.29) is 5.69 Å². The monoisotopic (exact) mass is 319 g/mol. The second kappa shape index (κ2) is 7.10. The van der Waals surface area contributed by atoms with Crippen LogP contribution in [0.15, 0.2) is 61.2 Å². The van der Waals surface area contributed by atoms with E-state index in [2.05, 4.69) is 20.3 Å². The molecule has 0 spiro atoms. The Hall–Kier alpha value is -3.61. The van der Waals surface area contributed by atoms with Gasteiger partial charge in [-0.1, -0.05) is 24.3 Å². The lowest BCUT2D eigenvalue weighted by Gasteiger charge is -2.03. The van der Waals surface area contributed by atoms with Crippen molar-refractivity contribution < 1.29 is 4.92 Å². The van der Waals surface area contributed by atoms with E-state index in [1.165, 1.54) is 12.1 Å². The average molecular weight is 319 g/mol. The molecule has 0 unspecified atom stereocenters. The van der Waals surface area contributed by atoms with E-state index < -0.39 is 4.92 Å². The zero-order valence-electron chi connectivity index (χ0n) is 12.5. The maximum absolute atomic E-state index is 10.8. The van der Waals surface area contributed by atoms with Gasteiger partial charge < -0.3 is 5.32 Å². The Morgan fingerprint density at radius 3 is 2.50 bits per heavy atom. The summed E-state index contributed by atoms with van der Waals surface area (Å²) in [6.07, 6.45) is 10.3. The standard InChI is InChI=1S/C17H13N5O2/c23-22(24)16-5-1-3-13(9-16)6-7-14-10-19-17(20-11-14)21-15-4-2-8-18-12-15/h1-12H,(H,19,20,21)/b7-6+. The molecular formula is C17H13N5O2. The maximum Gasteiger partial charge on any atom is 0.270 e. The van der Waals surface area contributed by atoms with Gasteiger partial charge in [0.05, 0.1) is 16.8 Å². The third kappa shape index (κ3) is 3.98. The molecule has 0 amide bonds. The number of benzene rings is 1. The minimum atomic E-state index is -0.417. The molecule has 0 bridgehead atoms. The summed E-state index contributed by atoms with van der Waals surface area (Å²) in [4.78, 5) is 22.8. The summed E-state index contributed by atoms with van der Waals surface area (Å²) in [6, 6.07) is 10.1. The molecule has 0 fully saturated rings. The third-order valence-electron chi connectivity index (χ3n) is 3.14. The van der Waals surface area contributed by atoms with Gasteiger partial charge in [-0.3, -0.25) is 15.1 Å². The van der Waals surface area contributed by atoms with Gasteiger partial charge in [-0.25, -0.2) is 9.97 Å². The fourth-order valence-corrected chi connectivity index (χ4v) is 1.99. The Balaban J connectivity index is 1.70. The Bertz CT molecular complexity index is 864. The number of nitrogens with zero attached hydrogens (tertiary/aromatic N) is 4. The fourth-order valence-electron chi connectivity index (χ4n) is 1.99. The predicted octanol–water partition coefficient (Wildman–Crippen LogP) is 3.69. The third-order valence-corrected chi connectivity index (χ3v) is 3.14. The summed E-state index contributed by atoms with van der Waals surface area (Å²) >= 11 is 0. The Morgan fingerprint density at radius 2 is 1.79 bits per heavy atom. The lowest BCUT2D eigenvalue weighted by Crippen LogP contribution is -1.96. The summed E-state index contributed by atoms with van der Waals surface area (Å²) in [6.45, 7) is 0. The van der Waals surface area contributed by atoms with Gasteiger partial charge in [-0.05, 0) is 17.7 Å². The van der Waals surface area contributed by atoms with Crippen molar-refractivity contribution in [1.29, 1.82) is 0 Å². The molecule has 0 aliphatic heterocycles. The summed E-state index contributed by atoms with van der Waals surface area (Å²) in [5.41, 5.74) is 2.39. The van der Waals surface area contributed by atoms with Gasteiger partial charge in [0, 0.05) is 36.3 Å². The molecule has 1 N–H and O–H groups in total.